The van der Waals surface area contributed by atoms with Crippen molar-refractivity contribution in [2.75, 3.05) is 13.7 Å². The SMILES string of the molecule is C=C(CC(=O)OC)C(=O)OCCC. The molecule has 0 amide bonds. The van der Waals surface area contributed by atoms with E-state index in [0.29, 0.717) is 6.61 Å². The lowest BCUT2D eigenvalue weighted by atomic mass is 10.2. The van der Waals surface area contributed by atoms with Gasteiger partial charge in [0, 0.05) is 5.57 Å². The Bertz CT molecular complexity index is 208. The Balaban J connectivity index is 3.83. The van der Waals surface area contributed by atoms with Gasteiger partial charge in [-0.05, 0) is 6.42 Å². The molecule has 0 aromatic carbocycles. The first kappa shape index (κ1) is 11.7. The van der Waals surface area contributed by atoms with Gasteiger partial charge >= 0.3 is 11.9 Å². The minimum atomic E-state index is -0.535. The Labute approximate surface area is 77.5 Å². The van der Waals surface area contributed by atoms with E-state index in [1.807, 2.05) is 6.92 Å². The average Bonchev–Trinajstić information content (AvgIpc) is 2.13. The van der Waals surface area contributed by atoms with Crippen LogP contribution in [0.3, 0.4) is 0 Å². The number of methoxy groups -OCH3 is 1. The van der Waals surface area contributed by atoms with Gasteiger partial charge in [0.2, 0.25) is 0 Å². The highest BCUT2D eigenvalue weighted by atomic mass is 16.5. The third-order valence-electron chi connectivity index (χ3n) is 1.31. The molecule has 0 rings (SSSR count). The van der Waals surface area contributed by atoms with Crippen LogP contribution in [0.2, 0.25) is 0 Å². The van der Waals surface area contributed by atoms with Crippen LogP contribution in [-0.2, 0) is 19.1 Å². The maximum absolute atomic E-state index is 11.0. The molecular weight excluding hydrogens is 172 g/mol. The second kappa shape index (κ2) is 6.22. The van der Waals surface area contributed by atoms with Crippen LogP contribution in [0.5, 0.6) is 0 Å². The molecule has 0 aliphatic rings. The second-order valence-electron chi connectivity index (χ2n) is 2.49. The predicted octanol–water partition coefficient (Wildman–Crippen LogP) is 1.06. The zero-order chi connectivity index (χ0) is 10.3. The first-order valence-electron chi connectivity index (χ1n) is 4.03. The Kier molecular flexibility index (Phi) is 5.59. The smallest absolute Gasteiger partial charge is 0.333 e. The van der Waals surface area contributed by atoms with Gasteiger partial charge in [0.15, 0.2) is 0 Å². The molecule has 0 aromatic heterocycles. The standard InChI is InChI=1S/C9H14O4/c1-4-5-13-9(11)7(2)6-8(10)12-3/h2,4-6H2,1,3H3. The third-order valence-corrected chi connectivity index (χ3v) is 1.31. The van der Waals surface area contributed by atoms with Gasteiger partial charge in [-0.25, -0.2) is 4.79 Å². The number of rotatable bonds is 5. The van der Waals surface area contributed by atoms with Crippen LogP contribution in [-0.4, -0.2) is 25.7 Å². The molecule has 13 heavy (non-hydrogen) atoms. The van der Waals surface area contributed by atoms with E-state index < -0.39 is 11.9 Å². The molecule has 0 bridgehead atoms. The lowest BCUT2D eigenvalue weighted by molar-refractivity contribution is -0.144. The topological polar surface area (TPSA) is 52.6 Å². The molecule has 0 saturated carbocycles. The van der Waals surface area contributed by atoms with Crippen LogP contribution >= 0.6 is 0 Å². The van der Waals surface area contributed by atoms with Gasteiger partial charge in [0.05, 0.1) is 20.1 Å². The summed E-state index contributed by atoms with van der Waals surface area (Å²) < 4.78 is 9.12. The van der Waals surface area contributed by atoms with E-state index in [1.165, 1.54) is 7.11 Å². The average molecular weight is 186 g/mol. The van der Waals surface area contributed by atoms with E-state index in [1.54, 1.807) is 0 Å². The number of carbonyl (C=O) groups excluding carboxylic acids is 2. The van der Waals surface area contributed by atoms with Gasteiger partial charge in [0.25, 0.3) is 0 Å². The summed E-state index contributed by atoms with van der Waals surface area (Å²) in [6.45, 7) is 5.65. The van der Waals surface area contributed by atoms with Crippen molar-refractivity contribution in [3.05, 3.63) is 12.2 Å². The third kappa shape index (κ3) is 5.00. The van der Waals surface area contributed by atoms with Gasteiger partial charge in [-0.15, -0.1) is 0 Å². The Morgan fingerprint density at radius 3 is 2.46 bits per heavy atom. The van der Waals surface area contributed by atoms with E-state index in [2.05, 4.69) is 11.3 Å². The molecule has 0 aliphatic heterocycles. The summed E-state index contributed by atoms with van der Waals surface area (Å²) in [5.41, 5.74) is 0.125. The maximum atomic E-state index is 11.0. The summed E-state index contributed by atoms with van der Waals surface area (Å²) >= 11 is 0. The largest absolute Gasteiger partial charge is 0.469 e. The van der Waals surface area contributed by atoms with Gasteiger partial charge < -0.3 is 9.47 Å². The summed E-state index contributed by atoms with van der Waals surface area (Å²) in [6, 6.07) is 0. The van der Waals surface area contributed by atoms with Crippen LogP contribution in [0.25, 0.3) is 0 Å². The molecular formula is C9H14O4. The molecule has 4 heteroatoms. The summed E-state index contributed by atoms with van der Waals surface area (Å²) in [4.78, 5) is 21.7. The number of hydrogen-bond donors (Lipinski definition) is 0. The molecule has 0 heterocycles. The molecule has 0 aromatic rings. The molecule has 4 nitrogen and oxygen atoms in total. The van der Waals surface area contributed by atoms with E-state index >= 15 is 0 Å². The highest BCUT2D eigenvalue weighted by molar-refractivity contribution is 5.93. The maximum Gasteiger partial charge on any atom is 0.333 e. The number of ether oxygens (including phenoxy) is 2. The summed E-state index contributed by atoms with van der Waals surface area (Å²) in [5, 5.41) is 0. The first-order chi connectivity index (χ1) is 6.11. The quantitative estimate of drug-likeness (QED) is 0.476. The molecule has 0 atom stereocenters. The van der Waals surface area contributed by atoms with E-state index in [-0.39, 0.29) is 12.0 Å². The van der Waals surface area contributed by atoms with Crippen LogP contribution in [0.4, 0.5) is 0 Å². The normalized spacial score (nSPS) is 9.08. The van der Waals surface area contributed by atoms with Crippen molar-refractivity contribution in [1.82, 2.24) is 0 Å². The van der Waals surface area contributed by atoms with Crippen molar-refractivity contribution < 1.29 is 19.1 Å². The number of hydrogen-bond acceptors (Lipinski definition) is 4. The van der Waals surface area contributed by atoms with Gasteiger partial charge in [-0.2, -0.15) is 0 Å². The molecule has 0 radical (unpaired) electrons. The summed E-state index contributed by atoms with van der Waals surface area (Å²) in [7, 11) is 1.26. The van der Waals surface area contributed by atoms with Crippen molar-refractivity contribution in [2.45, 2.75) is 19.8 Å². The Hall–Kier alpha value is -1.32. The van der Waals surface area contributed by atoms with Gasteiger partial charge in [0.1, 0.15) is 0 Å². The fraction of sp³-hybridized carbons (Fsp3) is 0.556. The highest BCUT2D eigenvalue weighted by Crippen LogP contribution is 2.02. The van der Waals surface area contributed by atoms with Crippen molar-refractivity contribution in [3.63, 3.8) is 0 Å². The predicted molar refractivity (Wildman–Crippen MR) is 47.0 cm³/mol. The molecule has 0 aliphatic carbocycles. The lowest BCUT2D eigenvalue weighted by Gasteiger charge is -2.04. The van der Waals surface area contributed by atoms with Crippen molar-refractivity contribution in [2.24, 2.45) is 0 Å². The number of esters is 2. The van der Waals surface area contributed by atoms with Crippen LogP contribution < -0.4 is 0 Å². The van der Waals surface area contributed by atoms with Crippen molar-refractivity contribution >= 4 is 11.9 Å². The molecule has 74 valence electrons. The van der Waals surface area contributed by atoms with E-state index in [0.717, 1.165) is 6.42 Å². The summed E-state index contributed by atoms with van der Waals surface area (Å²) in [5.74, 6) is -1.02. The molecule has 0 N–H and O–H groups in total. The second-order valence-corrected chi connectivity index (χ2v) is 2.49. The van der Waals surface area contributed by atoms with Crippen LogP contribution in [0.1, 0.15) is 19.8 Å². The fourth-order valence-corrected chi connectivity index (χ4v) is 0.615. The number of carbonyl (C=O) groups is 2. The minimum Gasteiger partial charge on any atom is -0.469 e. The fourth-order valence-electron chi connectivity index (χ4n) is 0.615. The van der Waals surface area contributed by atoms with E-state index in [9.17, 15) is 9.59 Å². The first-order valence-corrected chi connectivity index (χ1v) is 4.03. The van der Waals surface area contributed by atoms with Crippen LogP contribution in [0, 0.1) is 0 Å². The molecule has 0 spiro atoms. The van der Waals surface area contributed by atoms with Crippen molar-refractivity contribution in [3.8, 4) is 0 Å². The zero-order valence-electron chi connectivity index (χ0n) is 7.96. The molecule has 0 saturated heterocycles. The van der Waals surface area contributed by atoms with Gasteiger partial charge in [-0.3, -0.25) is 4.79 Å². The highest BCUT2D eigenvalue weighted by Gasteiger charge is 2.12. The monoisotopic (exact) mass is 186 g/mol. The lowest BCUT2D eigenvalue weighted by Crippen LogP contribution is -2.12. The molecule has 0 unspecified atom stereocenters. The zero-order valence-corrected chi connectivity index (χ0v) is 7.96. The summed E-state index contributed by atoms with van der Waals surface area (Å²) in [6.07, 6.45) is 0.635. The van der Waals surface area contributed by atoms with Crippen LogP contribution in [0.15, 0.2) is 12.2 Å². The Morgan fingerprint density at radius 1 is 1.38 bits per heavy atom. The Morgan fingerprint density at radius 2 is 2.00 bits per heavy atom. The minimum absolute atomic E-state index is 0.112. The van der Waals surface area contributed by atoms with Gasteiger partial charge in [-0.1, -0.05) is 13.5 Å². The van der Waals surface area contributed by atoms with Crippen molar-refractivity contribution in [1.29, 1.82) is 0 Å². The molecule has 0 fully saturated rings. The van der Waals surface area contributed by atoms with E-state index in [4.69, 9.17) is 4.74 Å².